The molecule has 2 saturated heterocycles. The van der Waals surface area contributed by atoms with E-state index in [0.29, 0.717) is 26.2 Å². The summed E-state index contributed by atoms with van der Waals surface area (Å²) in [4.78, 5) is 0. The van der Waals surface area contributed by atoms with E-state index in [0.717, 1.165) is 0 Å². The van der Waals surface area contributed by atoms with Gasteiger partial charge in [0, 0.05) is 26.2 Å². The van der Waals surface area contributed by atoms with Crippen LogP contribution in [0.15, 0.2) is 0 Å². The quantitative estimate of drug-likeness (QED) is 0.695. The Hall–Kier alpha value is 0.110. The first-order chi connectivity index (χ1) is 7.42. The Morgan fingerprint density at radius 3 is 2.24 bits per heavy atom. The van der Waals surface area contributed by atoms with Gasteiger partial charge < -0.3 is 5.32 Å². The highest BCUT2D eigenvalue weighted by atomic mass is 35.5. The summed E-state index contributed by atoms with van der Waals surface area (Å²) < 4.78 is 48.2. The van der Waals surface area contributed by atoms with Crippen LogP contribution >= 0.6 is 12.4 Å². The van der Waals surface area contributed by atoms with Gasteiger partial charge in [-0.05, 0) is 6.42 Å². The molecular formula is C8H17ClN2O4S2. The van der Waals surface area contributed by atoms with Crippen LogP contribution in [-0.4, -0.2) is 64.1 Å². The topological polar surface area (TPSA) is 83.5 Å². The maximum absolute atomic E-state index is 12.1. The van der Waals surface area contributed by atoms with E-state index in [1.54, 1.807) is 0 Å². The number of piperazine rings is 1. The Morgan fingerprint density at radius 1 is 1.18 bits per heavy atom. The summed E-state index contributed by atoms with van der Waals surface area (Å²) >= 11 is 0. The molecule has 1 atom stereocenters. The Morgan fingerprint density at radius 2 is 1.76 bits per heavy atom. The van der Waals surface area contributed by atoms with Gasteiger partial charge in [0.15, 0.2) is 9.84 Å². The van der Waals surface area contributed by atoms with Gasteiger partial charge in [-0.2, -0.15) is 4.31 Å². The monoisotopic (exact) mass is 304 g/mol. The molecule has 2 aliphatic heterocycles. The van der Waals surface area contributed by atoms with E-state index in [1.807, 2.05) is 0 Å². The minimum absolute atomic E-state index is 0. The Labute approximate surface area is 108 Å². The van der Waals surface area contributed by atoms with Gasteiger partial charge in [-0.25, -0.2) is 16.8 Å². The van der Waals surface area contributed by atoms with Crippen molar-refractivity contribution in [2.24, 2.45) is 0 Å². The third kappa shape index (κ3) is 3.31. The fraction of sp³-hybridized carbons (Fsp3) is 1.00. The highest BCUT2D eigenvalue weighted by Crippen LogP contribution is 2.22. The summed E-state index contributed by atoms with van der Waals surface area (Å²) in [6, 6.07) is 0. The fourth-order valence-electron chi connectivity index (χ4n) is 2.11. The zero-order valence-electron chi connectivity index (χ0n) is 9.33. The third-order valence-electron chi connectivity index (χ3n) is 3.05. The van der Waals surface area contributed by atoms with Crippen molar-refractivity contribution in [3.63, 3.8) is 0 Å². The molecule has 1 unspecified atom stereocenters. The predicted octanol–water partition coefficient (Wildman–Crippen LogP) is -1.17. The minimum atomic E-state index is -3.42. The summed E-state index contributed by atoms with van der Waals surface area (Å²) in [5.74, 6) is -0.206. The molecule has 0 aromatic rings. The number of rotatable bonds is 2. The highest BCUT2D eigenvalue weighted by Gasteiger charge is 2.40. The molecule has 0 aromatic heterocycles. The zero-order valence-corrected chi connectivity index (χ0v) is 11.8. The largest absolute Gasteiger partial charge is 0.314 e. The maximum atomic E-state index is 12.1. The van der Waals surface area contributed by atoms with Crippen LogP contribution in [0.1, 0.15) is 6.42 Å². The molecule has 0 radical (unpaired) electrons. The molecule has 0 saturated carbocycles. The lowest BCUT2D eigenvalue weighted by Gasteiger charge is -2.28. The van der Waals surface area contributed by atoms with Gasteiger partial charge in [0.25, 0.3) is 0 Å². The lowest BCUT2D eigenvalue weighted by Crippen LogP contribution is -2.49. The molecule has 0 amide bonds. The molecule has 6 nitrogen and oxygen atoms in total. The highest BCUT2D eigenvalue weighted by molar-refractivity contribution is 7.95. The van der Waals surface area contributed by atoms with Crippen LogP contribution in [0.4, 0.5) is 0 Å². The van der Waals surface area contributed by atoms with Crippen LogP contribution in [0.5, 0.6) is 0 Å². The van der Waals surface area contributed by atoms with Crippen LogP contribution in [0, 0.1) is 0 Å². The standard InChI is InChI=1S/C8H16N2O4S2.ClH/c11-15(12)6-1-8(7-15)16(13,14)10-4-2-9-3-5-10;/h8-9H,1-7H2;1H. The molecule has 2 fully saturated rings. The maximum Gasteiger partial charge on any atom is 0.218 e. The van der Waals surface area contributed by atoms with Gasteiger partial charge in [0.2, 0.25) is 10.0 Å². The van der Waals surface area contributed by atoms with Crippen molar-refractivity contribution < 1.29 is 16.8 Å². The predicted molar refractivity (Wildman–Crippen MR) is 67.7 cm³/mol. The van der Waals surface area contributed by atoms with Crippen LogP contribution in [0.2, 0.25) is 0 Å². The van der Waals surface area contributed by atoms with Crippen LogP contribution < -0.4 is 5.32 Å². The van der Waals surface area contributed by atoms with E-state index in [2.05, 4.69) is 5.32 Å². The molecule has 2 heterocycles. The zero-order chi connectivity index (χ0) is 11.8. The summed E-state index contributed by atoms with van der Waals surface area (Å²) in [5.41, 5.74) is 0. The Balaban J connectivity index is 0.00000144. The summed E-state index contributed by atoms with van der Waals surface area (Å²) in [7, 11) is -6.56. The van der Waals surface area contributed by atoms with Crippen LogP contribution in [-0.2, 0) is 19.9 Å². The second kappa shape index (κ2) is 5.40. The number of sulfonamides is 1. The molecule has 2 rings (SSSR count). The molecule has 2 aliphatic rings. The van der Waals surface area contributed by atoms with Crippen LogP contribution in [0.3, 0.4) is 0 Å². The number of sulfone groups is 1. The van der Waals surface area contributed by atoms with Gasteiger partial charge >= 0.3 is 0 Å². The lowest BCUT2D eigenvalue weighted by molar-refractivity contribution is 0.356. The van der Waals surface area contributed by atoms with Gasteiger partial charge in [0.1, 0.15) is 0 Å². The molecule has 0 spiro atoms. The van der Waals surface area contributed by atoms with E-state index < -0.39 is 25.1 Å². The van der Waals surface area contributed by atoms with E-state index in [9.17, 15) is 16.8 Å². The second-order valence-corrected chi connectivity index (χ2v) is 8.66. The van der Waals surface area contributed by atoms with Crippen molar-refractivity contribution in [1.82, 2.24) is 9.62 Å². The van der Waals surface area contributed by atoms with Crippen LogP contribution in [0.25, 0.3) is 0 Å². The van der Waals surface area contributed by atoms with E-state index in [-0.39, 0.29) is 30.3 Å². The van der Waals surface area contributed by atoms with Crippen molar-refractivity contribution in [3.8, 4) is 0 Å². The fourth-order valence-corrected chi connectivity index (χ4v) is 6.64. The van der Waals surface area contributed by atoms with Gasteiger partial charge in [-0.3, -0.25) is 0 Å². The van der Waals surface area contributed by atoms with E-state index >= 15 is 0 Å². The van der Waals surface area contributed by atoms with Crippen molar-refractivity contribution in [3.05, 3.63) is 0 Å². The number of hydrogen-bond acceptors (Lipinski definition) is 5. The van der Waals surface area contributed by atoms with E-state index in [1.165, 1.54) is 4.31 Å². The summed E-state index contributed by atoms with van der Waals surface area (Å²) in [6.07, 6.45) is 0.245. The Kier molecular flexibility index (Phi) is 4.81. The first-order valence-corrected chi connectivity index (χ1v) is 8.64. The van der Waals surface area contributed by atoms with Gasteiger partial charge in [0.05, 0.1) is 16.8 Å². The van der Waals surface area contributed by atoms with Gasteiger partial charge in [-0.1, -0.05) is 0 Å². The molecule has 9 heteroatoms. The lowest BCUT2D eigenvalue weighted by atomic mass is 10.4. The molecular weight excluding hydrogens is 288 g/mol. The second-order valence-electron chi connectivity index (χ2n) is 4.22. The first kappa shape index (κ1) is 15.2. The molecule has 102 valence electrons. The normalized spacial score (nSPS) is 29.8. The molecule has 17 heavy (non-hydrogen) atoms. The molecule has 0 aliphatic carbocycles. The molecule has 1 N–H and O–H groups in total. The van der Waals surface area contributed by atoms with Gasteiger partial charge in [-0.15, -0.1) is 12.4 Å². The van der Waals surface area contributed by atoms with Crippen molar-refractivity contribution in [1.29, 1.82) is 0 Å². The number of hydrogen-bond donors (Lipinski definition) is 1. The van der Waals surface area contributed by atoms with Crippen molar-refractivity contribution in [2.75, 3.05) is 37.7 Å². The molecule has 0 bridgehead atoms. The number of nitrogens with zero attached hydrogens (tertiary/aromatic N) is 1. The first-order valence-electron chi connectivity index (χ1n) is 5.32. The smallest absolute Gasteiger partial charge is 0.218 e. The average Bonchev–Trinajstić information content (AvgIpc) is 2.61. The SMILES string of the molecule is Cl.O=S1(=O)CCC(S(=O)(=O)N2CCNCC2)C1. The third-order valence-corrected chi connectivity index (χ3v) is 7.36. The van der Waals surface area contributed by atoms with Crippen molar-refractivity contribution >= 4 is 32.3 Å². The average molecular weight is 305 g/mol. The number of nitrogens with one attached hydrogen (secondary N) is 1. The van der Waals surface area contributed by atoms with E-state index in [4.69, 9.17) is 0 Å². The number of halogens is 1. The Bertz CT molecular complexity index is 456. The summed E-state index contributed by atoms with van der Waals surface area (Å²) in [5, 5.41) is 2.34. The minimum Gasteiger partial charge on any atom is -0.314 e. The molecule has 0 aromatic carbocycles. The van der Waals surface area contributed by atoms with Crippen molar-refractivity contribution in [2.45, 2.75) is 11.7 Å². The summed E-state index contributed by atoms with van der Waals surface area (Å²) in [6.45, 7) is 2.16.